The van der Waals surface area contributed by atoms with Crippen LogP contribution < -0.4 is 10.1 Å². The van der Waals surface area contributed by atoms with Gasteiger partial charge in [0.2, 0.25) is 5.88 Å². The lowest BCUT2D eigenvalue weighted by molar-refractivity contribution is 0.383. The van der Waals surface area contributed by atoms with Crippen LogP contribution in [0, 0.1) is 12.7 Å². The Morgan fingerprint density at radius 1 is 1.25 bits per heavy atom. The fraction of sp³-hybridized carbons (Fsp3) is 0.333. The molecule has 0 amide bonds. The predicted molar refractivity (Wildman–Crippen MR) is 75.2 cm³/mol. The van der Waals surface area contributed by atoms with Gasteiger partial charge in [0.05, 0.1) is 13.2 Å². The second-order valence-corrected chi connectivity index (χ2v) is 4.50. The summed E-state index contributed by atoms with van der Waals surface area (Å²) in [7, 11) is 1.55. The molecule has 0 aliphatic heterocycles. The minimum absolute atomic E-state index is 0.252. The number of hydrogen-bond acceptors (Lipinski definition) is 4. The summed E-state index contributed by atoms with van der Waals surface area (Å²) in [5.74, 6) is 0.186. The van der Waals surface area contributed by atoms with E-state index in [2.05, 4.69) is 15.3 Å². The number of hydrogen-bond donors (Lipinski definition) is 1. The lowest BCUT2D eigenvalue weighted by atomic mass is 10.0. The summed E-state index contributed by atoms with van der Waals surface area (Å²) in [4.78, 5) is 8.48. The number of aromatic nitrogens is 2. The van der Waals surface area contributed by atoms with Crippen LogP contribution in [0.1, 0.15) is 29.8 Å². The molecule has 1 heterocycles. The smallest absolute Gasteiger partial charge is 0.237 e. The molecule has 0 fully saturated rings. The van der Waals surface area contributed by atoms with E-state index in [1.54, 1.807) is 19.5 Å². The Kier molecular flexibility index (Phi) is 4.63. The van der Waals surface area contributed by atoms with Gasteiger partial charge >= 0.3 is 0 Å². The van der Waals surface area contributed by atoms with E-state index in [4.69, 9.17) is 4.74 Å². The minimum Gasteiger partial charge on any atom is -0.480 e. The number of methoxy groups -OCH3 is 1. The number of nitrogens with zero attached hydrogens (tertiary/aromatic N) is 2. The minimum atomic E-state index is -0.259. The molecule has 0 aliphatic carbocycles. The van der Waals surface area contributed by atoms with Crippen LogP contribution in [0.5, 0.6) is 5.88 Å². The van der Waals surface area contributed by atoms with Crippen LogP contribution in [0.15, 0.2) is 30.6 Å². The Morgan fingerprint density at radius 3 is 2.65 bits per heavy atom. The summed E-state index contributed by atoms with van der Waals surface area (Å²) in [5, 5.41) is 3.30. The molecular formula is C15H18FN3O. The maximum atomic E-state index is 13.6. The van der Waals surface area contributed by atoms with Gasteiger partial charge in [-0.25, -0.2) is 9.37 Å². The third-order valence-corrected chi connectivity index (χ3v) is 2.96. The summed E-state index contributed by atoms with van der Waals surface area (Å²) in [6.45, 7) is 4.57. The molecule has 0 radical (unpaired) electrons. The van der Waals surface area contributed by atoms with Crippen LogP contribution in [0.3, 0.4) is 0 Å². The van der Waals surface area contributed by atoms with E-state index in [0.717, 1.165) is 17.7 Å². The van der Waals surface area contributed by atoms with Gasteiger partial charge in [-0.3, -0.25) is 4.98 Å². The van der Waals surface area contributed by atoms with E-state index in [0.29, 0.717) is 11.6 Å². The maximum absolute atomic E-state index is 13.6. The number of halogens is 1. The normalized spacial score (nSPS) is 12.2. The zero-order valence-corrected chi connectivity index (χ0v) is 11.9. The van der Waals surface area contributed by atoms with Crippen LogP contribution in [-0.4, -0.2) is 23.6 Å². The lowest BCUT2D eigenvalue weighted by Crippen LogP contribution is -2.24. The molecule has 1 N–H and O–H groups in total. The summed E-state index contributed by atoms with van der Waals surface area (Å²) < 4.78 is 18.9. The van der Waals surface area contributed by atoms with Gasteiger partial charge in [0, 0.05) is 12.4 Å². The highest BCUT2D eigenvalue weighted by atomic mass is 19.1. The Hall–Kier alpha value is -2.01. The number of rotatable bonds is 5. The molecule has 2 rings (SSSR count). The highest BCUT2D eigenvalue weighted by molar-refractivity contribution is 5.35. The van der Waals surface area contributed by atoms with Crippen molar-refractivity contribution in [2.75, 3.05) is 13.7 Å². The van der Waals surface area contributed by atoms with Gasteiger partial charge in [-0.15, -0.1) is 0 Å². The third kappa shape index (κ3) is 3.11. The van der Waals surface area contributed by atoms with Gasteiger partial charge in [0.1, 0.15) is 11.5 Å². The van der Waals surface area contributed by atoms with Crippen molar-refractivity contribution in [1.29, 1.82) is 0 Å². The first-order chi connectivity index (χ1) is 9.65. The van der Waals surface area contributed by atoms with Crippen molar-refractivity contribution in [1.82, 2.24) is 15.3 Å². The highest BCUT2D eigenvalue weighted by Crippen LogP contribution is 2.27. The molecule has 0 aliphatic rings. The quantitative estimate of drug-likeness (QED) is 0.911. The van der Waals surface area contributed by atoms with Gasteiger partial charge in [-0.1, -0.05) is 13.0 Å². The first-order valence-corrected chi connectivity index (χ1v) is 6.51. The fourth-order valence-corrected chi connectivity index (χ4v) is 2.20. The van der Waals surface area contributed by atoms with Crippen molar-refractivity contribution < 1.29 is 9.13 Å². The number of ether oxygens (including phenoxy) is 1. The summed E-state index contributed by atoms with van der Waals surface area (Å²) in [6.07, 6.45) is 3.18. The van der Waals surface area contributed by atoms with Crippen LogP contribution in [-0.2, 0) is 0 Å². The van der Waals surface area contributed by atoms with E-state index in [1.807, 2.05) is 19.9 Å². The largest absolute Gasteiger partial charge is 0.480 e. The van der Waals surface area contributed by atoms with Crippen LogP contribution in [0.2, 0.25) is 0 Å². The van der Waals surface area contributed by atoms with Crippen LogP contribution in [0.25, 0.3) is 0 Å². The first kappa shape index (κ1) is 14.4. The summed E-state index contributed by atoms with van der Waals surface area (Å²) in [6, 6.07) is 4.69. The molecule has 1 aromatic heterocycles. The molecule has 4 nitrogen and oxygen atoms in total. The monoisotopic (exact) mass is 275 g/mol. The Labute approximate surface area is 118 Å². The van der Waals surface area contributed by atoms with Crippen molar-refractivity contribution >= 4 is 0 Å². The molecular weight excluding hydrogens is 257 g/mol. The molecule has 0 saturated carbocycles. The summed E-state index contributed by atoms with van der Waals surface area (Å²) >= 11 is 0. The topological polar surface area (TPSA) is 47.0 Å². The Balaban J connectivity index is 2.50. The molecule has 0 spiro atoms. The molecule has 1 unspecified atom stereocenters. The third-order valence-electron chi connectivity index (χ3n) is 2.96. The van der Waals surface area contributed by atoms with Gasteiger partial charge in [0.25, 0.3) is 0 Å². The van der Waals surface area contributed by atoms with Gasteiger partial charge in [-0.2, -0.15) is 0 Å². The zero-order valence-electron chi connectivity index (χ0n) is 11.9. The molecule has 0 saturated heterocycles. The van der Waals surface area contributed by atoms with Crippen molar-refractivity contribution in [3.05, 3.63) is 53.2 Å². The Morgan fingerprint density at radius 2 is 2.00 bits per heavy atom. The predicted octanol–water partition coefficient (Wildman–Crippen LogP) is 2.63. The standard InChI is InChI=1S/C15H18FN3O/c1-4-17-13(11-7-10(2)8-12(16)9-11)14-15(20-3)19-6-5-18-14/h5-9,13,17H,4H2,1-3H3. The van der Waals surface area contributed by atoms with Crippen LogP contribution in [0.4, 0.5) is 4.39 Å². The molecule has 20 heavy (non-hydrogen) atoms. The Bertz CT molecular complexity index is 569. The van der Waals surface area contributed by atoms with Crippen molar-refractivity contribution in [3.63, 3.8) is 0 Å². The van der Waals surface area contributed by atoms with Gasteiger partial charge in [-0.05, 0) is 36.7 Å². The number of benzene rings is 1. The number of nitrogens with one attached hydrogen (secondary N) is 1. The van der Waals surface area contributed by atoms with E-state index >= 15 is 0 Å². The van der Waals surface area contributed by atoms with Crippen LogP contribution >= 0.6 is 0 Å². The second kappa shape index (κ2) is 6.43. The molecule has 1 aromatic carbocycles. The van der Waals surface area contributed by atoms with E-state index in [9.17, 15) is 4.39 Å². The average molecular weight is 275 g/mol. The van der Waals surface area contributed by atoms with Crippen molar-refractivity contribution in [3.8, 4) is 5.88 Å². The van der Waals surface area contributed by atoms with E-state index in [1.165, 1.54) is 12.1 Å². The van der Waals surface area contributed by atoms with Crippen molar-refractivity contribution in [2.45, 2.75) is 19.9 Å². The zero-order chi connectivity index (χ0) is 14.5. The van der Waals surface area contributed by atoms with Crippen molar-refractivity contribution in [2.24, 2.45) is 0 Å². The lowest BCUT2D eigenvalue weighted by Gasteiger charge is -2.19. The van der Waals surface area contributed by atoms with E-state index < -0.39 is 0 Å². The highest BCUT2D eigenvalue weighted by Gasteiger charge is 2.20. The van der Waals surface area contributed by atoms with E-state index in [-0.39, 0.29) is 11.9 Å². The molecule has 2 aromatic rings. The number of aryl methyl sites for hydroxylation is 1. The van der Waals surface area contributed by atoms with Gasteiger partial charge < -0.3 is 10.1 Å². The fourth-order valence-electron chi connectivity index (χ4n) is 2.20. The second-order valence-electron chi connectivity index (χ2n) is 4.50. The summed E-state index contributed by atoms with van der Waals surface area (Å²) in [5.41, 5.74) is 2.33. The maximum Gasteiger partial charge on any atom is 0.237 e. The SMILES string of the molecule is CCNC(c1cc(C)cc(F)c1)c1nccnc1OC. The average Bonchev–Trinajstić information content (AvgIpc) is 2.43. The molecule has 106 valence electrons. The first-order valence-electron chi connectivity index (χ1n) is 6.51. The molecule has 1 atom stereocenters. The van der Waals surface area contributed by atoms with Gasteiger partial charge in [0.15, 0.2) is 0 Å². The molecule has 5 heteroatoms. The molecule has 0 bridgehead atoms.